The van der Waals surface area contributed by atoms with Crippen molar-refractivity contribution in [2.75, 3.05) is 0 Å². The maximum atomic E-state index is 12.7. The topological polar surface area (TPSA) is 104 Å². The molecule has 0 spiro atoms. The number of imidazole rings is 1. The first-order chi connectivity index (χ1) is 13.3. The molecule has 0 aliphatic heterocycles. The standard InChI is InChI=1S/C22H38N4O2/c1-4-18(16(2)3)10-11-22(28,13-17-8-6-5-7-9-17)26-21(27)20(23)12-19-14-24-15-25-19/h4,14-18,20,28H,1,5-13,23H2,2-3H3,(H,24,25)(H,26,27)/t18-,20-,22-/m0/s1. The number of nitrogens with two attached hydrogens (primary N) is 1. The van der Waals surface area contributed by atoms with E-state index in [0.29, 0.717) is 37.0 Å². The molecule has 1 amide bonds. The lowest BCUT2D eigenvalue weighted by Gasteiger charge is -2.36. The first-order valence-corrected chi connectivity index (χ1v) is 10.7. The molecule has 1 aromatic heterocycles. The average molecular weight is 391 g/mol. The monoisotopic (exact) mass is 390 g/mol. The number of nitrogens with zero attached hydrogens (tertiary/aromatic N) is 1. The van der Waals surface area contributed by atoms with Crippen molar-refractivity contribution in [3.8, 4) is 0 Å². The van der Waals surface area contributed by atoms with Gasteiger partial charge in [0.1, 0.15) is 5.72 Å². The number of nitrogens with one attached hydrogen (secondary N) is 2. The summed E-state index contributed by atoms with van der Waals surface area (Å²) in [5.41, 5.74) is 5.68. The zero-order valence-electron chi connectivity index (χ0n) is 17.5. The normalized spacial score (nSPS) is 19.8. The number of carbonyl (C=O) groups is 1. The van der Waals surface area contributed by atoms with E-state index in [4.69, 9.17) is 5.73 Å². The molecule has 1 fully saturated rings. The summed E-state index contributed by atoms with van der Waals surface area (Å²) >= 11 is 0. The Morgan fingerprint density at radius 2 is 2.18 bits per heavy atom. The maximum Gasteiger partial charge on any atom is 0.239 e. The number of aromatic nitrogens is 2. The summed E-state index contributed by atoms with van der Waals surface area (Å²) in [6.07, 6.45) is 13.4. The van der Waals surface area contributed by atoms with E-state index in [1.807, 2.05) is 6.08 Å². The molecule has 1 aliphatic carbocycles. The third-order valence-corrected chi connectivity index (χ3v) is 6.09. The van der Waals surface area contributed by atoms with Crippen LogP contribution in [0, 0.1) is 17.8 Å². The van der Waals surface area contributed by atoms with Crippen LogP contribution in [0.3, 0.4) is 0 Å². The number of aromatic amines is 1. The van der Waals surface area contributed by atoms with E-state index in [1.54, 1.807) is 12.5 Å². The van der Waals surface area contributed by atoms with Gasteiger partial charge in [-0.25, -0.2) is 4.98 Å². The lowest BCUT2D eigenvalue weighted by Crippen LogP contribution is -2.55. The Morgan fingerprint density at radius 3 is 2.75 bits per heavy atom. The van der Waals surface area contributed by atoms with Crippen LogP contribution in [-0.2, 0) is 11.2 Å². The Bertz CT molecular complexity index is 596. The summed E-state index contributed by atoms with van der Waals surface area (Å²) in [4.78, 5) is 19.7. The smallest absolute Gasteiger partial charge is 0.239 e. The van der Waals surface area contributed by atoms with Crippen molar-refractivity contribution in [3.63, 3.8) is 0 Å². The van der Waals surface area contributed by atoms with Crippen molar-refractivity contribution >= 4 is 5.91 Å². The van der Waals surface area contributed by atoms with E-state index in [-0.39, 0.29) is 5.91 Å². The summed E-state index contributed by atoms with van der Waals surface area (Å²) in [7, 11) is 0. The molecule has 2 rings (SSSR count). The summed E-state index contributed by atoms with van der Waals surface area (Å²) in [6, 6.07) is -0.723. The van der Waals surface area contributed by atoms with Crippen molar-refractivity contribution in [3.05, 3.63) is 30.9 Å². The molecular formula is C22H38N4O2. The molecule has 3 atom stereocenters. The summed E-state index contributed by atoms with van der Waals surface area (Å²) in [6.45, 7) is 8.25. The predicted octanol–water partition coefficient (Wildman–Crippen LogP) is 3.29. The van der Waals surface area contributed by atoms with Crippen LogP contribution < -0.4 is 11.1 Å². The highest BCUT2D eigenvalue weighted by atomic mass is 16.3. The lowest BCUT2D eigenvalue weighted by molar-refractivity contribution is -0.132. The highest BCUT2D eigenvalue weighted by Gasteiger charge is 2.34. The van der Waals surface area contributed by atoms with Gasteiger partial charge in [0.25, 0.3) is 0 Å². The van der Waals surface area contributed by atoms with Crippen LogP contribution in [0.2, 0.25) is 0 Å². The Morgan fingerprint density at radius 1 is 1.46 bits per heavy atom. The molecule has 1 aliphatic rings. The van der Waals surface area contributed by atoms with Crippen LogP contribution in [0.5, 0.6) is 0 Å². The number of aliphatic hydroxyl groups is 1. The number of H-pyrrole nitrogens is 1. The molecule has 0 aromatic carbocycles. The molecule has 0 radical (unpaired) electrons. The largest absolute Gasteiger partial charge is 0.371 e. The van der Waals surface area contributed by atoms with E-state index >= 15 is 0 Å². The molecule has 0 saturated heterocycles. The Balaban J connectivity index is 2.02. The van der Waals surface area contributed by atoms with E-state index in [2.05, 4.69) is 35.7 Å². The molecule has 28 heavy (non-hydrogen) atoms. The predicted molar refractivity (Wildman–Crippen MR) is 112 cm³/mol. The van der Waals surface area contributed by atoms with Crippen LogP contribution in [0.25, 0.3) is 0 Å². The van der Waals surface area contributed by atoms with Gasteiger partial charge >= 0.3 is 0 Å². The van der Waals surface area contributed by atoms with Gasteiger partial charge in [-0.3, -0.25) is 4.79 Å². The number of rotatable bonds is 11. The van der Waals surface area contributed by atoms with Gasteiger partial charge < -0.3 is 21.1 Å². The Hall–Kier alpha value is -1.66. The SMILES string of the molecule is C=C[C@@H](CC[C@](O)(CC1CCCCC1)NC(=O)[C@@H](N)Cc1cnc[nH]1)C(C)C. The minimum Gasteiger partial charge on any atom is -0.371 e. The molecule has 6 heteroatoms. The number of allylic oxidation sites excluding steroid dienone is 1. The van der Waals surface area contributed by atoms with E-state index in [1.165, 1.54) is 19.3 Å². The number of hydrogen-bond donors (Lipinski definition) is 4. The van der Waals surface area contributed by atoms with Gasteiger partial charge in [-0.05, 0) is 37.0 Å². The van der Waals surface area contributed by atoms with Gasteiger partial charge in [0, 0.05) is 18.3 Å². The van der Waals surface area contributed by atoms with Crippen molar-refractivity contribution < 1.29 is 9.90 Å². The van der Waals surface area contributed by atoms with Crippen LogP contribution >= 0.6 is 0 Å². The molecule has 6 nitrogen and oxygen atoms in total. The molecule has 0 bridgehead atoms. The lowest BCUT2D eigenvalue weighted by atomic mass is 9.80. The van der Waals surface area contributed by atoms with E-state index < -0.39 is 11.8 Å². The number of amides is 1. The molecule has 1 heterocycles. The van der Waals surface area contributed by atoms with Crippen molar-refractivity contribution in [1.29, 1.82) is 0 Å². The second kappa shape index (κ2) is 10.8. The number of hydrogen-bond acceptors (Lipinski definition) is 4. The molecule has 1 saturated carbocycles. The summed E-state index contributed by atoms with van der Waals surface area (Å²) < 4.78 is 0. The van der Waals surface area contributed by atoms with Gasteiger partial charge in [0.2, 0.25) is 5.91 Å². The zero-order valence-corrected chi connectivity index (χ0v) is 17.5. The van der Waals surface area contributed by atoms with Crippen molar-refractivity contribution in [2.45, 2.75) is 83.4 Å². The second-order valence-corrected chi connectivity index (χ2v) is 8.80. The van der Waals surface area contributed by atoms with E-state index in [9.17, 15) is 9.90 Å². The van der Waals surface area contributed by atoms with E-state index in [0.717, 1.165) is 25.0 Å². The summed E-state index contributed by atoms with van der Waals surface area (Å²) in [5.74, 6) is 0.903. The van der Waals surface area contributed by atoms with Gasteiger partial charge in [0.05, 0.1) is 12.4 Å². The molecular weight excluding hydrogens is 352 g/mol. The third-order valence-electron chi connectivity index (χ3n) is 6.09. The van der Waals surface area contributed by atoms with Crippen LogP contribution in [0.15, 0.2) is 25.2 Å². The fourth-order valence-electron chi connectivity index (χ4n) is 4.26. The minimum atomic E-state index is -1.22. The Kier molecular flexibility index (Phi) is 8.70. The molecule has 1 aromatic rings. The van der Waals surface area contributed by atoms with Gasteiger partial charge in [-0.2, -0.15) is 0 Å². The fourth-order valence-corrected chi connectivity index (χ4v) is 4.26. The Labute approximate surface area is 169 Å². The zero-order chi connectivity index (χ0) is 20.6. The quantitative estimate of drug-likeness (QED) is 0.344. The van der Waals surface area contributed by atoms with Gasteiger partial charge in [-0.15, -0.1) is 6.58 Å². The molecule has 0 unspecified atom stereocenters. The number of carbonyl (C=O) groups excluding carboxylic acids is 1. The fraction of sp³-hybridized carbons (Fsp3) is 0.727. The van der Waals surface area contributed by atoms with Gasteiger partial charge in [0.15, 0.2) is 0 Å². The first kappa shape index (κ1) is 22.6. The maximum absolute atomic E-state index is 12.7. The highest BCUT2D eigenvalue weighted by molar-refractivity contribution is 5.82. The van der Waals surface area contributed by atoms with Crippen molar-refractivity contribution in [1.82, 2.24) is 15.3 Å². The van der Waals surface area contributed by atoms with Crippen LogP contribution in [-0.4, -0.2) is 32.7 Å². The van der Waals surface area contributed by atoms with Gasteiger partial charge in [-0.1, -0.05) is 52.0 Å². The highest BCUT2D eigenvalue weighted by Crippen LogP contribution is 2.33. The first-order valence-electron chi connectivity index (χ1n) is 10.7. The van der Waals surface area contributed by atoms with Crippen LogP contribution in [0.4, 0.5) is 0 Å². The minimum absolute atomic E-state index is 0.312. The second-order valence-electron chi connectivity index (χ2n) is 8.80. The third kappa shape index (κ3) is 7.06. The van der Waals surface area contributed by atoms with Crippen molar-refractivity contribution in [2.24, 2.45) is 23.5 Å². The molecule has 5 N–H and O–H groups in total. The van der Waals surface area contributed by atoms with Crippen LogP contribution in [0.1, 0.15) is 70.9 Å². The average Bonchev–Trinajstić information content (AvgIpc) is 3.15. The summed E-state index contributed by atoms with van der Waals surface area (Å²) in [5, 5.41) is 14.3. The molecule has 158 valence electrons.